The molecule has 2 aromatic carbocycles. The van der Waals surface area contributed by atoms with E-state index in [0.717, 1.165) is 66.9 Å². The summed E-state index contributed by atoms with van der Waals surface area (Å²) >= 11 is 6.40. The van der Waals surface area contributed by atoms with Gasteiger partial charge in [0.2, 0.25) is 0 Å². The molecule has 176 valence electrons. The minimum Gasteiger partial charge on any atom is -0.483 e. The highest BCUT2D eigenvalue weighted by Gasteiger charge is 2.35. The lowest BCUT2D eigenvalue weighted by Crippen LogP contribution is -2.45. The van der Waals surface area contributed by atoms with E-state index in [1.807, 2.05) is 48.0 Å². The van der Waals surface area contributed by atoms with Gasteiger partial charge in [-0.2, -0.15) is 0 Å². The molecule has 6 nitrogen and oxygen atoms in total. The Morgan fingerprint density at radius 1 is 1.18 bits per heavy atom. The molecule has 0 saturated carbocycles. The number of likely N-dealkylation sites (tertiary alicyclic amines) is 1. The number of halogens is 1. The number of hydrogen-bond donors (Lipinski definition) is 0. The van der Waals surface area contributed by atoms with Crippen molar-refractivity contribution in [3.63, 3.8) is 0 Å². The van der Waals surface area contributed by atoms with Gasteiger partial charge in [0.1, 0.15) is 5.60 Å². The molecule has 0 spiro atoms. The molecule has 0 radical (unpaired) electrons. The number of benzene rings is 2. The molecule has 1 aromatic heterocycles. The van der Waals surface area contributed by atoms with Crippen LogP contribution in [-0.4, -0.2) is 39.0 Å². The Kier molecular flexibility index (Phi) is 5.69. The number of para-hydroxylation sites is 2. The summed E-state index contributed by atoms with van der Waals surface area (Å²) in [5.41, 5.74) is 2.91. The zero-order valence-electron chi connectivity index (χ0n) is 19.8. The van der Waals surface area contributed by atoms with E-state index in [9.17, 15) is 4.79 Å². The molecule has 1 saturated heterocycles. The van der Waals surface area contributed by atoms with Gasteiger partial charge in [-0.05, 0) is 51.3 Å². The van der Waals surface area contributed by atoms with Crippen molar-refractivity contribution in [1.29, 1.82) is 0 Å². The van der Waals surface area contributed by atoms with Crippen molar-refractivity contribution in [3.05, 3.63) is 57.5 Å². The van der Waals surface area contributed by atoms with Crippen molar-refractivity contribution in [2.75, 3.05) is 13.1 Å². The van der Waals surface area contributed by atoms with Crippen LogP contribution in [0, 0.1) is 0 Å². The molecule has 0 aliphatic carbocycles. The minimum absolute atomic E-state index is 0.0622. The van der Waals surface area contributed by atoms with Crippen molar-refractivity contribution in [1.82, 2.24) is 14.0 Å². The number of fused-ring (bicyclic) bond motifs is 2. The van der Waals surface area contributed by atoms with Crippen LogP contribution in [0.2, 0.25) is 5.02 Å². The second-order valence-corrected chi connectivity index (χ2v) is 10.3. The smallest absolute Gasteiger partial charge is 0.329 e. The highest BCUT2D eigenvalue weighted by molar-refractivity contribution is 6.30. The molecule has 1 atom stereocenters. The number of hydrogen-bond acceptors (Lipinski definition) is 4. The molecule has 7 heteroatoms. The van der Waals surface area contributed by atoms with Crippen LogP contribution in [0.1, 0.15) is 51.6 Å². The summed E-state index contributed by atoms with van der Waals surface area (Å²) in [4.78, 5) is 15.3. The summed E-state index contributed by atoms with van der Waals surface area (Å²) in [6.45, 7) is 8.05. The van der Waals surface area contributed by atoms with E-state index in [1.54, 1.807) is 4.57 Å². The van der Waals surface area contributed by atoms with Gasteiger partial charge in [0, 0.05) is 49.3 Å². The van der Waals surface area contributed by atoms with Gasteiger partial charge < -0.3 is 9.47 Å². The third-order valence-electron chi connectivity index (χ3n) is 6.97. The summed E-state index contributed by atoms with van der Waals surface area (Å²) in [7, 11) is 1.85. The maximum Gasteiger partial charge on any atom is 0.329 e. The minimum atomic E-state index is -0.253. The first-order valence-electron chi connectivity index (χ1n) is 11.9. The summed E-state index contributed by atoms with van der Waals surface area (Å²) in [6.07, 6.45) is 3.42. The molecule has 2 aliphatic rings. The first kappa shape index (κ1) is 22.4. The first-order valence-corrected chi connectivity index (χ1v) is 12.2. The number of nitrogens with zero attached hydrogens (tertiary/aromatic N) is 3. The van der Waals surface area contributed by atoms with Gasteiger partial charge in [-0.3, -0.25) is 14.0 Å². The highest BCUT2D eigenvalue weighted by atomic mass is 35.5. The van der Waals surface area contributed by atoms with Gasteiger partial charge in [-0.25, -0.2) is 4.79 Å². The van der Waals surface area contributed by atoms with E-state index in [1.165, 1.54) is 0 Å². The zero-order chi connectivity index (χ0) is 23.3. The van der Waals surface area contributed by atoms with Gasteiger partial charge in [-0.1, -0.05) is 30.7 Å². The van der Waals surface area contributed by atoms with Crippen LogP contribution < -0.4 is 15.2 Å². The normalized spacial score (nSPS) is 19.4. The topological polar surface area (TPSA) is 48.6 Å². The Bertz CT molecular complexity index is 1240. The van der Waals surface area contributed by atoms with Crippen molar-refractivity contribution < 1.29 is 9.47 Å². The molecule has 2 aliphatic heterocycles. The van der Waals surface area contributed by atoms with Crippen molar-refractivity contribution in [2.45, 2.75) is 64.3 Å². The first-order chi connectivity index (χ1) is 15.8. The molecule has 33 heavy (non-hydrogen) atoms. The van der Waals surface area contributed by atoms with Gasteiger partial charge in [0.25, 0.3) is 0 Å². The fourth-order valence-electron chi connectivity index (χ4n) is 5.40. The van der Waals surface area contributed by atoms with E-state index in [-0.39, 0.29) is 23.6 Å². The Morgan fingerprint density at radius 3 is 2.58 bits per heavy atom. The number of rotatable bonds is 5. The van der Waals surface area contributed by atoms with Crippen LogP contribution in [0.3, 0.4) is 0 Å². The number of imidazole rings is 1. The average molecular weight is 470 g/mol. The molecular formula is C26H32ClN3O3. The Morgan fingerprint density at radius 2 is 1.88 bits per heavy atom. The molecule has 0 bridgehead atoms. The molecule has 3 heterocycles. The SMILES string of the molecule is CCC(Oc1cc(Cl)cc2c1OC(C)(C)C2)N1CCC(n2c(=O)n(C)c3ccccc32)CC1. The largest absolute Gasteiger partial charge is 0.483 e. The van der Waals surface area contributed by atoms with Crippen LogP contribution >= 0.6 is 11.6 Å². The Hall–Kier alpha value is -2.44. The van der Waals surface area contributed by atoms with Gasteiger partial charge >= 0.3 is 5.69 Å². The summed E-state index contributed by atoms with van der Waals surface area (Å²) in [5.74, 6) is 1.54. The fourth-order valence-corrected chi connectivity index (χ4v) is 5.63. The molecule has 3 aromatic rings. The number of aromatic nitrogens is 2. The fraction of sp³-hybridized carbons (Fsp3) is 0.500. The highest BCUT2D eigenvalue weighted by Crippen LogP contribution is 2.44. The summed E-state index contributed by atoms with van der Waals surface area (Å²) in [5, 5.41) is 0.675. The van der Waals surface area contributed by atoms with Crippen molar-refractivity contribution >= 4 is 22.6 Å². The Balaban J connectivity index is 1.33. The monoisotopic (exact) mass is 469 g/mol. The third-order valence-corrected chi connectivity index (χ3v) is 7.19. The van der Waals surface area contributed by atoms with Crippen LogP contribution in [0.25, 0.3) is 11.0 Å². The molecule has 0 amide bonds. The molecule has 5 rings (SSSR count). The zero-order valence-corrected chi connectivity index (χ0v) is 20.6. The molecular weight excluding hydrogens is 438 g/mol. The predicted octanol–water partition coefficient (Wildman–Crippen LogP) is 5.16. The van der Waals surface area contributed by atoms with Gasteiger partial charge in [-0.15, -0.1) is 0 Å². The maximum absolute atomic E-state index is 13.0. The van der Waals surface area contributed by atoms with Gasteiger partial charge in [0.05, 0.1) is 11.0 Å². The van der Waals surface area contributed by atoms with Crippen LogP contribution in [-0.2, 0) is 13.5 Å². The maximum atomic E-state index is 13.0. The molecule has 1 fully saturated rings. The van der Waals surface area contributed by atoms with E-state index in [2.05, 4.69) is 25.7 Å². The quantitative estimate of drug-likeness (QED) is 0.518. The average Bonchev–Trinajstić information content (AvgIpc) is 3.24. The second kappa shape index (κ2) is 8.41. The lowest BCUT2D eigenvalue weighted by atomic mass is 10.0. The second-order valence-electron chi connectivity index (χ2n) is 9.88. The van der Waals surface area contributed by atoms with Gasteiger partial charge in [0.15, 0.2) is 17.7 Å². The van der Waals surface area contributed by atoms with E-state index in [0.29, 0.717) is 5.02 Å². The predicted molar refractivity (Wildman–Crippen MR) is 132 cm³/mol. The van der Waals surface area contributed by atoms with E-state index in [4.69, 9.17) is 21.1 Å². The van der Waals surface area contributed by atoms with E-state index < -0.39 is 0 Å². The van der Waals surface area contributed by atoms with Crippen molar-refractivity contribution in [3.8, 4) is 11.5 Å². The third kappa shape index (κ3) is 4.04. The summed E-state index contributed by atoms with van der Waals surface area (Å²) < 4.78 is 16.4. The standard InChI is InChI=1S/C26H32ClN3O3/c1-5-23(32-22-15-18(27)14-17-16-26(2,3)33-24(17)22)29-12-10-19(11-13-29)30-21-9-7-6-8-20(21)28(4)25(30)31/h6-9,14-15,19,23H,5,10-13,16H2,1-4H3. The van der Waals surface area contributed by atoms with Crippen LogP contribution in [0.15, 0.2) is 41.2 Å². The lowest BCUT2D eigenvalue weighted by molar-refractivity contribution is -0.00185. The molecule has 0 N–H and O–H groups in total. The number of aryl methyl sites for hydroxylation is 1. The van der Waals surface area contributed by atoms with Crippen LogP contribution in [0.4, 0.5) is 0 Å². The molecule has 1 unspecified atom stereocenters. The lowest BCUT2D eigenvalue weighted by Gasteiger charge is -2.37. The Labute approximate surface area is 199 Å². The number of piperidine rings is 1. The summed E-state index contributed by atoms with van der Waals surface area (Å²) in [6, 6.07) is 12.1. The van der Waals surface area contributed by atoms with E-state index >= 15 is 0 Å². The number of ether oxygens (including phenoxy) is 2. The van der Waals surface area contributed by atoms with Crippen LogP contribution in [0.5, 0.6) is 11.5 Å². The van der Waals surface area contributed by atoms with Crippen molar-refractivity contribution in [2.24, 2.45) is 7.05 Å².